The van der Waals surface area contributed by atoms with Crippen molar-refractivity contribution in [2.24, 2.45) is 0 Å². The van der Waals surface area contributed by atoms with Crippen molar-refractivity contribution in [1.29, 1.82) is 0 Å². The van der Waals surface area contributed by atoms with Crippen molar-refractivity contribution >= 4 is 27.7 Å². The van der Waals surface area contributed by atoms with Crippen LogP contribution in [0.5, 0.6) is 0 Å². The van der Waals surface area contributed by atoms with E-state index in [1.165, 1.54) is 5.39 Å². The van der Waals surface area contributed by atoms with E-state index in [4.69, 9.17) is 0 Å². The predicted molar refractivity (Wildman–Crippen MR) is 89.7 cm³/mol. The second-order valence-corrected chi connectivity index (χ2v) is 5.68. The Labute approximate surface area is 129 Å². The maximum atomic E-state index is 11.5. The van der Waals surface area contributed by atoms with Gasteiger partial charge in [-0.3, -0.25) is 9.78 Å². The van der Waals surface area contributed by atoms with Crippen LogP contribution in [0.25, 0.3) is 21.8 Å². The molecule has 2 N–H and O–H groups in total. The molecule has 0 saturated carbocycles. The number of unbranched alkanes of at least 4 members (excludes halogenated alkanes) is 1. The lowest BCUT2D eigenvalue weighted by Crippen LogP contribution is -2.27. The molecule has 0 saturated heterocycles. The number of carbonyl (C=O) groups excluding carboxylic acids is 1. The zero-order chi connectivity index (χ0) is 15.5. The molecule has 0 aliphatic rings. The van der Waals surface area contributed by atoms with Gasteiger partial charge in [-0.1, -0.05) is 38.0 Å². The Morgan fingerprint density at radius 3 is 2.86 bits per heavy atom. The van der Waals surface area contributed by atoms with Crippen LogP contribution in [0.2, 0.25) is 0 Å². The van der Waals surface area contributed by atoms with Crippen molar-refractivity contribution in [1.82, 2.24) is 15.3 Å². The quantitative estimate of drug-likeness (QED) is 0.745. The predicted octanol–water partition coefficient (Wildman–Crippen LogP) is 4.08. The molecular formula is C18H21N3O. The number of H-pyrrole nitrogens is 1. The minimum Gasteiger partial charge on any atom is -0.353 e. The largest absolute Gasteiger partial charge is 0.353 e. The van der Waals surface area contributed by atoms with Gasteiger partial charge in [-0.05, 0) is 18.6 Å². The number of hydrogen-bond donors (Lipinski definition) is 2. The number of para-hydroxylation sites is 1. The molecule has 1 atom stereocenters. The number of aromatic nitrogens is 2. The average molecular weight is 295 g/mol. The summed E-state index contributed by atoms with van der Waals surface area (Å²) in [6, 6.07) is 10.2. The zero-order valence-electron chi connectivity index (χ0n) is 13.0. The topological polar surface area (TPSA) is 57.8 Å². The molecule has 1 amide bonds. The highest BCUT2D eigenvalue weighted by atomic mass is 16.1. The second-order valence-electron chi connectivity index (χ2n) is 5.68. The van der Waals surface area contributed by atoms with Crippen molar-refractivity contribution in [2.75, 3.05) is 0 Å². The van der Waals surface area contributed by atoms with Crippen LogP contribution in [-0.2, 0) is 4.79 Å². The van der Waals surface area contributed by atoms with Crippen LogP contribution >= 0.6 is 0 Å². The molecular weight excluding hydrogens is 274 g/mol. The lowest BCUT2D eigenvalue weighted by molar-refractivity contribution is -0.119. The molecule has 0 fully saturated rings. The van der Waals surface area contributed by atoms with Gasteiger partial charge in [0.1, 0.15) is 0 Å². The van der Waals surface area contributed by atoms with E-state index in [1.54, 1.807) is 6.92 Å². The summed E-state index contributed by atoms with van der Waals surface area (Å²) in [4.78, 5) is 19.6. The summed E-state index contributed by atoms with van der Waals surface area (Å²) in [6.07, 6.45) is 4.89. The molecule has 0 aliphatic carbocycles. The third-order valence-electron chi connectivity index (χ3n) is 4.01. The number of nitrogens with one attached hydrogen (secondary N) is 2. The van der Waals surface area contributed by atoms with Crippen LogP contribution in [0.1, 0.15) is 44.8 Å². The summed E-state index contributed by atoms with van der Waals surface area (Å²) in [5, 5.41) is 5.40. The van der Waals surface area contributed by atoms with E-state index in [2.05, 4.69) is 34.3 Å². The minimum atomic E-state index is -0.0470. The Bertz CT molecular complexity index is 806. The summed E-state index contributed by atoms with van der Waals surface area (Å²) < 4.78 is 0. The third kappa shape index (κ3) is 2.69. The number of rotatable bonds is 5. The van der Waals surface area contributed by atoms with Crippen molar-refractivity contribution < 1.29 is 4.79 Å². The number of pyridine rings is 1. The van der Waals surface area contributed by atoms with Gasteiger partial charge in [-0.15, -0.1) is 0 Å². The van der Waals surface area contributed by atoms with Gasteiger partial charge in [0.25, 0.3) is 0 Å². The molecule has 3 aromatic rings. The first-order chi connectivity index (χ1) is 10.7. The standard InChI is InChI=1S/C18H21N3O/c1-3-4-8-16(20-12(2)22)18-17-14(10-11-19-18)13-7-5-6-9-15(13)21-17/h5-7,9-11,16,21H,3-4,8H2,1-2H3,(H,20,22). The SMILES string of the molecule is CCCCC(NC(C)=O)c1nccc2c1[nH]c1ccccc12. The molecule has 1 aromatic carbocycles. The number of amides is 1. The molecule has 2 aromatic heterocycles. The summed E-state index contributed by atoms with van der Waals surface area (Å²) in [7, 11) is 0. The summed E-state index contributed by atoms with van der Waals surface area (Å²) in [5.74, 6) is -0.0176. The van der Waals surface area contributed by atoms with Crippen molar-refractivity contribution in [3.63, 3.8) is 0 Å². The lowest BCUT2D eigenvalue weighted by Gasteiger charge is -2.17. The molecule has 0 radical (unpaired) electrons. The Morgan fingerprint density at radius 1 is 1.27 bits per heavy atom. The normalized spacial score (nSPS) is 12.6. The smallest absolute Gasteiger partial charge is 0.217 e. The first kappa shape index (κ1) is 14.6. The highest BCUT2D eigenvalue weighted by Gasteiger charge is 2.18. The monoisotopic (exact) mass is 295 g/mol. The maximum absolute atomic E-state index is 11.5. The Hall–Kier alpha value is -2.36. The first-order valence-corrected chi connectivity index (χ1v) is 7.83. The first-order valence-electron chi connectivity index (χ1n) is 7.83. The zero-order valence-corrected chi connectivity index (χ0v) is 13.0. The van der Waals surface area contributed by atoms with Crippen molar-refractivity contribution in [2.45, 2.75) is 39.2 Å². The van der Waals surface area contributed by atoms with E-state index in [-0.39, 0.29) is 11.9 Å². The van der Waals surface area contributed by atoms with Crippen molar-refractivity contribution in [3.05, 3.63) is 42.2 Å². The molecule has 2 heterocycles. The number of hydrogen-bond acceptors (Lipinski definition) is 2. The summed E-state index contributed by atoms with van der Waals surface area (Å²) in [5.41, 5.74) is 3.06. The van der Waals surface area contributed by atoms with Crippen LogP contribution < -0.4 is 5.32 Å². The highest BCUT2D eigenvalue weighted by Crippen LogP contribution is 2.30. The van der Waals surface area contributed by atoms with Gasteiger partial charge >= 0.3 is 0 Å². The van der Waals surface area contributed by atoms with E-state index in [9.17, 15) is 4.79 Å². The molecule has 4 nitrogen and oxygen atoms in total. The van der Waals surface area contributed by atoms with E-state index in [0.29, 0.717) is 0 Å². The number of aromatic amines is 1. The molecule has 3 rings (SSSR count). The molecule has 0 spiro atoms. The average Bonchev–Trinajstić information content (AvgIpc) is 2.90. The minimum absolute atomic E-state index is 0.0176. The van der Waals surface area contributed by atoms with Gasteiger partial charge in [-0.2, -0.15) is 0 Å². The fourth-order valence-corrected chi connectivity index (χ4v) is 2.99. The number of benzene rings is 1. The van der Waals surface area contributed by atoms with Gasteiger partial charge in [0.15, 0.2) is 0 Å². The number of carbonyl (C=O) groups is 1. The number of nitrogens with zero attached hydrogens (tertiary/aromatic N) is 1. The molecule has 114 valence electrons. The summed E-state index contributed by atoms with van der Waals surface area (Å²) in [6.45, 7) is 3.71. The van der Waals surface area contributed by atoms with Gasteiger partial charge in [0, 0.05) is 29.4 Å². The van der Waals surface area contributed by atoms with E-state index in [1.807, 2.05) is 24.4 Å². The van der Waals surface area contributed by atoms with Crippen LogP contribution in [0.3, 0.4) is 0 Å². The Kier molecular flexibility index (Phi) is 4.09. The van der Waals surface area contributed by atoms with E-state index < -0.39 is 0 Å². The fraction of sp³-hybridized carbons (Fsp3) is 0.333. The third-order valence-corrected chi connectivity index (χ3v) is 4.01. The van der Waals surface area contributed by atoms with Crippen LogP contribution in [0, 0.1) is 0 Å². The highest BCUT2D eigenvalue weighted by molar-refractivity contribution is 6.07. The number of fused-ring (bicyclic) bond motifs is 3. The molecule has 0 bridgehead atoms. The molecule has 1 unspecified atom stereocenters. The van der Waals surface area contributed by atoms with Gasteiger partial charge in [0.2, 0.25) is 5.91 Å². The van der Waals surface area contributed by atoms with Crippen LogP contribution in [0.4, 0.5) is 0 Å². The second kappa shape index (κ2) is 6.18. The molecule has 4 heteroatoms. The summed E-state index contributed by atoms with van der Waals surface area (Å²) >= 11 is 0. The van der Waals surface area contributed by atoms with Gasteiger partial charge in [0.05, 0.1) is 17.3 Å². The van der Waals surface area contributed by atoms with Gasteiger partial charge < -0.3 is 10.3 Å². The fourth-order valence-electron chi connectivity index (χ4n) is 2.99. The van der Waals surface area contributed by atoms with Crippen molar-refractivity contribution in [3.8, 4) is 0 Å². The van der Waals surface area contributed by atoms with Crippen LogP contribution in [-0.4, -0.2) is 15.9 Å². The molecule has 22 heavy (non-hydrogen) atoms. The van der Waals surface area contributed by atoms with E-state index in [0.717, 1.165) is 41.4 Å². The molecule has 0 aliphatic heterocycles. The Morgan fingerprint density at radius 2 is 2.09 bits per heavy atom. The Balaban J connectivity index is 2.13. The van der Waals surface area contributed by atoms with Crippen LogP contribution in [0.15, 0.2) is 36.5 Å². The maximum Gasteiger partial charge on any atom is 0.217 e. The van der Waals surface area contributed by atoms with E-state index >= 15 is 0 Å². The lowest BCUT2D eigenvalue weighted by atomic mass is 10.0. The van der Waals surface area contributed by atoms with Gasteiger partial charge in [-0.25, -0.2) is 0 Å².